The zero-order valence-corrected chi connectivity index (χ0v) is 13.3. The number of carbonyl (C=O) groups is 1. The average molecular weight is 326 g/mol. The number of halogens is 1. The molecule has 0 spiro atoms. The van der Waals surface area contributed by atoms with Crippen LogP contribution >= 0.6 is 23.4 Å². The van der Waals surface area contributed by atoms with Crippen molar-refractivity contribution >= 4 is 35.0 Å². The van der Waals surface area contributed by atoms with Gasteiger partial charge >= 0.3 is 0 Å². The zero-order valence-electron chi connectivity index (χ0n) is 11.7. The molecule has 2 N–H and O–H groups in total. The summed E-state index contributed by atoms with van der Waals surface area (Å²) < 4.78 is 1.77. The molecule has 1 aromatic carbocycles. The standard InChI is InChI=1S/C14H16ClN3O2S/c1-9(21-14-16-7-12(8-19)18(14)2)13(20)17-11-5-3-4-10(15)6-11/h3-7,9,19H,8H2,1-2H3,(H,17,20). The molecule has 0 aliphatic heterocycles. The van der Waals surface area contributed by atoms with Gasteiger partial charge in [0.05, 0.1) is 23.7 Å². The second-order valence-corrected chi connectivity index (χ2v) is 6.25. The number of imidazole rings is 1. The molecule has 7 heteroatoms. The van der Waals surface area contributed by atoms with Gasteiger partial charge in [-0.3, -0.25) is 4.79 Å². The molecule has 2 rings (SSSR count). The molecular formula is C14H16ClN3O2S. The number of hydrogen-bond donors (Lipinski definition) is 2. The molecule has 0 aliphatic rings. The van der Waals surface area contributed by atoms with Crippen LogP contribution in [0.2, 0.25) is 5.02 Å². The fourth-order valence-corrected chi connectivity index (χ4v) is 2.77. The smallest absolute Gasteiger partial charge is 0.237 e. The van der Waals surface area contributed by atoms with Crippen LogP contribution < -0.4 is 5.32 Å². The highest BCUT2D eigenvalue weighted by molar-refractivity contribution is 8.00. The first-order valence-corrected chi connectivity index (χ1v) is 7.61. The highest BCUT2D eigenvalue weighted by atomic mass is 35.5. The van der Waals surface area contributed by atoms with Crippen LogP contribution in [0.25, 0.3) is 0 Å². The maximum absolute atomic E-state index is 12.2. The first kappa shape index (κ1) is 15.9. The highest BCUT2D eigenvalue weighted by Crippen LogP contribution is 2.24. The summed E-state index contributed by atoms with van der Waals surface area (Å²) in [5.41, 5.74) is 1.37. The Morgan fingerprint density at radius 1 is 1.57 bits per heavy atom. The first-order chi connectivity index (χ1) is 10.0. The highest BCUT2D eigenvalue weighted by Gasteiger charge is 2.18. The van der Waals surface area contributed by atoms with Gasteiger partial charge in [-0.15, -0.1) is 0 Å². The van der Waals surface area contributed by atoms with E-state index in [4.69, 9.17) is 16.7 Å². The number of nitrogens with zero attached hydrogens (tertiary/aromatic N) is 2. The van der Waals surface area contributed by atoms with Crippen molar-refractivity contribution in [1.82, 2.24) is 9.55 Å². The van der Waals surface area contributed by atoms with E-state index in [1.165, 1.54) is 11.8 Å². The summed E-state index contributed by atoms with van der Waals surface area (Å²) in [6, 6.07) is 7.01. The molecule has 0 saturated heterocycles. The second-order valence-electron chi connectivity index (χ2n) is 4.51. The number of benzene rings is 1. The maximum atomic E-state index is 12.2. The Labute approximate surface area is 132 Å². The SMILES string of the molecule is CC(Sc1ncc(CO)n1C)C(=O)Nc1cccc(Cl)c1. The summed E-state index contributed by atoms with van der Waals surface area (Å²) in [6.07, 6.45) is 1.60. The normalized spacial score (nSPS) is 12.2. The van der Waals surface area contributed by atoms with E-state index in [0.29, 0.717) is 21.6 Å². The number of aliphatic hydroxyl groups is 1. The molecule has 1 atom stereocenters. The van der Waals surface area contributed by atoms with Crippen LogP contribution in [0.3, 0.4) is 0 Å². The van der Waals surface area contributed by atoms with E-state index in [2.05, 4.69) is 10.3 Å². The van der Waals surface area contributed by atoms with E-state index < -0.39 is 0 Å². The molecule has 0 fully saturated rings. The number of thioether (sulfide) groups is 1. The molecule has 5 nitrogen and oxygen atoms in total. The molecule has 1 amide bonds. The van der Waals surface area contributed by atoms with Gasteiger partial charge in [-0.2, -0.15) is 0 Å². The molecule has 1 heterocycles. The molecule has 21 heavy (non-hydrogen) atoms. The minimum Gasteiger partial charge on any atom is -0.390 e. The van der Waals surface area contributed by atoms with Gasteiger partial charge in [-0.1, -0.05) is 29.4 Å². The van der Waals surface area contributed by atoms with Gasteiger partial charge in [0.2, 0.25) is 5.91 Å². The van der Waals surface area contributed by atoms with Crippen molar-refractivity contribution in [3.8, 4) is 0 Å². The van der Waals surface area contributed by atoms with E-state index in [1.54, 1.807) is 42.0 Å². The Morgan fingerprint density at radius 3 is 2.95 bits per heavy atom. The van der Waals surface area contributed by atoms with Crippen molar-refractivity contribution in [2.75, 3.05) is 5.32 Å². The van der Waals surface area contributed by atoms with E-state index in [1.807, 2.05) is 7.05 Å². The molecular weight excluding hydrogens is 310 g/mol. The van der Waals surface area contributed by atoms with E-state index >= 15 is 0 Å². The van der Waals surface area contributed by atoms with Crippen molar-refractivity contribution in [2.24, 2.45) is 7.05 Å². The Hall–Kier alpha value is -1.50. The summed E-state index contributed by atoms with van der Waals surface area (Å²) >= 11 is 7.22. The number of nitrogens with one attached hydrogen (secondary N) is 1. The topological polar surface area (TPSA) is 67.2 Å². The molecule has 112 valence electrons. The minimum atomic E-state index is -0.323. The van der Waals surface area contributed by atoms with Crippen LogP contribution in [-0.2, 0) is 18.4 Å². The fraction of sp³-hybridized carbons (Fsp3) is 0.286. The Kier molecular flexibility index (Phi) is 5.27. The molecule has 0 aliphatic carbocycles. The number of hydrogen-bond acceptors (Lipinski definition) is 4. The number of anilines is 1. The molecule has 1 aromatic heterocycles. The number of carbonyl (C=O) groups excluding carboxylic acids is 1. The van der Waals surface area contributed by atoms with Gasteiger partial charge in [0.1, 0.15) is 0 Å². The van der Waals surface area contributed by atoms with E-state index in [0.717, 1.165) is 0 Å². The molecule has 0 radical (unpaired) electrons. The van der Waals surface area contributed by atoms with Crippen LogP contribution in [-0.4, -0.2) is 25.8 Å². The Balaban J connectivity index is 2.01. The van der Waals surface area contributed by atoms with Crippen LogP contribution in [0.4, 0.5) is 5.69 Å². The lowest BCUT2D eigenvalue weighted by Gasteiger charge is -2.12. The second kappa shape index (κ2) is 6.98. The Morgan fingerprint density at radius 2 is 2.33 bits per heavy atom. The lowest BCUT2D eigenvalue weighted by atomic mass is 10.3. The molecule has 0 saturated carbocycles. The first-order valence-electron chi connectivity index (χ1n) is 6.36. The van der Waals surface area contributed by atoms with Gasteiger partial charge < -0.3 is 15.0 Å². The number of rotatable bonds is 5. The molecule has 1 unspecified atom stereocenters. The summed E-state index contributed by atoms with van der Waals surface area (Å²) in [4.78, 5) is 16.3. The van der Waals surface area contributed by atoms with Crippen molar-refractivity contribution < 1.29 is 9.90 Å². The number of amides is 1. The largest absolute Gasteiger partial charge is 0.390 e. The van der Waals surface area contributed by atoms with E-state index in [9.17, 15) is 4.79 Å². The van der Waals surface area contributed by atoms with Crippen molar-refractivity contribution in [2.45, 2.75) is 23.9 Å². The maximum Gasteiger partial charge on any atom is 0.237 e. The van der Waals surface area contributed by atoms with Gasteiger partial charge in [-0.05, 0) is 25.1 Å². The van der Waals surface area contributed by atoms with Crippen molar-refractivity contribution in [3.05, 3.63) is 41.2 Å². The monoisotopic (exact) mass is 325 g/mol. The van der Waals surface area contributed by atoms with Gasteiger partial charge in [-0.25, -0.2) is 4.98 Å². The number of aromatic nitrogens is 2. The lowest BCUT2D eigenvalue weighted by molar-refractivity contribution is -0.115. The summed E-state index contributed by atoms with van der Waals surface area (Å²) in [6.45, 7) is 1.73. The van der Waals surface area contributed by atoms with Crippen LogP contribution in [0.5, 0.6) is 0 Å². The predicted molar refractivity (Wildman–Crippen MR) is 84.5 cm³/mol. The van der Waals surface area contributed by atoms with Crippen LogP contribution in [0.15, 0.2) is 35.6 Å². The minimum absolute atomic E-state index is 0.0762. The van der Waals surface area contributed by atoms with Gasteiger partial charge in [0, 0.05) is 17.8 Å². The number of aliphatic hydroxyl groups excluding tert-OH is 1. The lowest BCUT2D eigenvalue weighted by Crippen LogP contribution is -2.22. The third-order valence-corrected chi connectivity index (χ3v) is 4.34. The van der Waals surface area contributed by atoms with Crippen molar-refractivity contribution in [1.29, 1.82) is 0 Å². The fourth-order valence-electron chi connectivity index (χ4n) is 1.70. The summed E-state index contributed by atoms with van der Waals surface area (Å²) in [5.74, 6) is -0.129. The molecule has 0 bridgehead atoms. The summed E-state index contributed by atoms with van der Waals surface area (Å²) in [7, 11) is 1.81. The van der Waals surface area contributed by atoms with E-state index in [-0.39, 0.29) is 17.8 Å². The summed E-state index contributed by atoms with van der Waals surface area (Å²) in [5, 5.41) is 12.9. The third kappa shape index (κ3) is 4.00. The molecule has 2 aromatic rings. The Bertz CT molecular complexity index is 645. The van der Waals surface area contributed by atoms with Gasteiger partial charge in [0.25, 0.3) is 0 Å². The van der Waals surface area contributed by atoms with Gasteiger partial charge in [0.15, 0.2) is 5.16 Å². The quantitative estimate of drug-likeness (QED) is 0.829. The van der Waals surface area contributed by atoms with Crippen LogP contribution in [0, 0.1) is 0 Å². The average Bonchev–Trinajstić information content (AvgIpc) is 2.79. The zero-order chi connectivity index (χ0) is 15.4. The predicted octanol–water partition coefficient (Wildman–Crippen LogP) is 2.69. The van der Waals surface area contributed by atoms with Crippen LogP contribution in [0.1, 0.15) is 12.6 Å². The third-order valence-electron chi connectivity index (χ3n) is 2.95. The van der Waals surface area contributed by atoms with Crippen molar-refractivity contribution in [3.63, 3.8) is 0 Å².